The Morgan fingerprint density at radius 2 is 2.07 bits per heavy atom. The number of aromatic nitrogens is 1. The third-order valence-corrected chi connectivity index (χ3v) is 5.11. The van der Waals surface area contributed by atoms with Crippen LogP contribution in [0.1, 0.15) is 41.6 Å². The molecule has 1 aromatic carbocycles. The van der Waals surface area contributed by atoms with Crippen LogP contribution in [0.15, 0.2) is 36.5 Å². The molecule has 1 atom stereocenters. The molecule has 0 bridgehead atoms. The molecule has 8 heteroatoms. The molecule has 0 unspecified atom stereocenters. The normalized spacial score (nSPS) is 17.0. The SMILES string of the molecule is CNC(=O)CCNC(=O)c1cnc2c(C3=CC[C@@H](C(F)(F)F)CC3)cccc2c1. The van der Waals surface area contributed by atoms with Crippen molar-refractivity contribution in [2.45, 2.75) is 31.9 Å². The lowest BCUT2D eigenvalue weighted by Crippen LogP contribution is -2.29. The Morgan fingerprint density at radius 3 is 2.72 bits per heavy atom. The first kappa shape index (κ1) is 20.8. The molecule has 3 rings (SSSR count). The van der Waals surface area contributed by atoms with Gasteiger partial charge in [-0.05, 0) is 30.9 Å². The summed E-state index contributed by atoms with van der Waals surface area (Å²) in [6.07, 6.45) is -0.509. The van der Waals surface area contributed by atoms with Crippen LogP contribution in [0, 0.1) is 5.92 Å². The first-order chi connectivity index (χ1) is 13.8. The Labute approximate surface area is 166 Å². The molecular weight excluding hydrogens is 383 g/mol. The summed E-state index contributed by atoms with van der Waals surface area (Å²) in [4.78, 5) is 27.9. The number of carbonyl (C=O) groups excluding carboxylic acids is 2. The standard InChI is InChI=1S/C21H22F3N3O2/c1-25-18(28)9-10-26-20(29)15-11-14-3-2-4-17(19(14)27-12-15)13-5-7-16(8-6-13)21(22,23)24/h2-5,11-12,16H,6-10H2,1H3,(H,25,28)(H,26,29)/t16-/m1/s1. The third-order valence-electron chi connectivity index (χ3n) is 5.11. The number of halogens is 3. The summed E-state index contributed by atoms with van der Waals surface area (Å²) in [5, 5.41) is 5.89. The van der Waals surface area contributed by atoms with Gasteiger partial charge in [-0.25, -0.2) is 0 Å². The predicted octanol–water partition coefficient (Wildman–Crippen LogP) is 3.85. The van der Waals surface area contributed by atoms with E-state index in [-0.39, 0.29) is 37.6 Å². The van der Waals surface area contributed by atoms with Crippen molar-refractivity contribution in [3.8, 4) is 0 Å². The van der Waals surface area contributed by atoms with Gasteiger partial charge in [0.25, 0.3) is 5.91 Å². The number of para-hydroxylation sites is 1. The smallest absolute Gasteiger partial charge is 0.359 e. The average molecular weight is 405 g/mol. The number of pyridine rings is 1. The number of nitrogens with zero attached hydrogens (tertiary/aromatic N) is 1. The maximum atomic E-state index is 12.9. The Hall–Kier alpha value is -2.90. The van der Waals surface area contributed by atoms with E-state index >= 15 is 0 Å². The maximum Gasteiger partial charge on any atom is 0.392 e. The van der Waals surface area contributed by atoms with Gasteiger partial charge in [0.1, 0.15) is 0 Å². The molecule has 0 fully saturated rings. The van der Waals surface area contributed by atoms with Gasteiger partial charge < -0.3 is 10.6 Å². The van der Waals surface area contributed by atoms with Crippen LogP contribution < -0.4 is 10.6 Å². The van der Waals surface area contributed by atoms with Crippen molar-refractivity contribution in [1.29, 1.82) is 0 Å². The molecule has 5 nitrogen and oxygen atoms in total. The summed E-state index contributed by atoms with van der Waals surface area (Å²) in [6, 6.07) is 7.17. The summed E-state index contributed by atoms with van der Waals surface area (Å²) in [6.45, 7) is 0.212. The Kier molecular flexibility index (Phi) is 6.20. The second-order valence-electron chi connectivity index (χ2n) is 7.02. The zero-order valence-corrected chi connectivity index (χ0v) is 16.0. The van der Waals surface area contributed by atoms with E-state index in [1.54, 1.807) is 12.1 Å². The number of carbonyl (C=O) groups is 2. The van der Waals surface area contributed by atoms with E-state index in [0.29, 0.717) is 17.5 Å². The van der Waals surface area contributed by atoms with E-state index in [1.807, 2.05) is 18.2 Å². The van der Waals surface area contributed by atoms with Crippen LogP contribution in [0.5, 0.6) is 0 Å². The zero-order chi connectivity index (χ0) is 21.0. The largest absolute Gasteiger partial charge is 0.392 e. The minimum atomic E-state index is -4.17. The van der Waals surface area contributed by atoms with Gasteiger partial charge in [0.15, 0.2) is 0 Å². The molecular formula is C21H22F3N3O2. The highest BCUT2D eigenvalue weighted by atomic mass is 19.4. The van der Waals surface area contributed by atoms with E-state index in [1.165, 1.54) is 13.2 Å². The van der Waals surface area contributed by atoms with Crippen molar-refractivity contribution < 1.29 is 22.8 Å². The summed E-state index contributed by atoms with van der Waals surface area (Å²) in [5.41, 5.74) is 2.67. The van der Waals surface area contributed by atoms with E-state index in [9.17, 15) is 22.8 Å². The number of nitrogens with one attached hydrogen (secondary N) is 2. The average Bonchev–Trinajstić information content (AvgIpc) is 2.72. The molecule has 1 aliphatic rings. The van der Waals surface area contributed by atoms with Crippen LogP contribution in [0.3, 0.4) is 0 Å². The number of hydrogen-bond acceptors (Lipinski definition) is 3. The summed E-state index contributed by atoms with van der Waals surface area (Å²) in [5.74, 6) is -1.79. The van der Waals surface area contributed by atoms with Gasteiger partial charge in [-0.2, -0.15) is 13.2 Å². The number of alkyl halides is 3. The van der Waals surface area contributed by atoms with E-state index in [4.69, 9.17) is 0 Å². The van der Waals surface area contributed by atoms with Gasteiger partial charge in [-0.15, -0.1) is 0 Å². The summed E-state index contributed by atoms with van der Waals surface area (Å²) >= 11 is 0. The molecule has 0 spiro atoms. The van der Waals surface area contributed by atoms with Crippen LogP contribution >= 0.6 is 0 Å². The molecule has 1 heterocycles. The van der Waals surface area contributed by atoms with Crippen LogP contribution in [0.4, 0.5) is 13.2 Å². The third kappa shape index (κ3) is 4.93. The maximum absolute atomic E-state index is 12.9. The zero-order valence-electron chi connectivity index (χ0n) is 16.0. The van der Waals surface area contributed by atoms with Crippen molar-refractivity contribution >= 4 is 28.3 Å². The lowest BCUT2D eigenvalue weighted by atomic mass is 9.85. The van der Waals surface area contributed by atoms with Gasteiger partial charge in [-0.1, -0.05) is 24.3 Å². The molecule has 154 valence electrons. The molecule has 0 saturated heterocycles. The fourth-order valence-corrected chi connectivity index (χ4v) is 3.44. The fourth-order valence-electron chi connectivity index (χ4n) is 3.44. The number of benzene rings is 1. The fraction of sp³-hybridized carbons (Fsp3) is 0.381. The lowest BCUT2D eigenvalue weighted by Gasteiger charge is -2.24. The quantitative estimate of drug-likeness (QED) is 0.794. The van der Waals surface area contributed by atoms with E-state index < -0.39 is 12.1 Å². The number of hydrogen-bond donors (Lipinski definition) is 2. The number of fused-ring (bicyclic) bond motifs is 1. The van der Waals surface area contributed by atoms with Crippen molar-refractivity contribution in [2.24, 2.45) is 5.92 Å². The van der Waals surface area contributed by atoms with Crippen LogP contribution in [0.2, 0.25) is 0 Å². The molecule has 1 aliphatic carbocycles. The first-order valence-corrected chi connectivity index (χ1v) is 9.43. The topological polar surface area (TPSA) is 71.1 Å². The van der Waals surface area contributed by atoms with Crippen LogP contribution in [-0.2, 0) is 4.79 Å². The second kappa shape index (κ2) is 8.63. The number of amides is 2. The molecule has 0 aliphatic heterocycles. The van der Waals surface area contributed by atoms with Gasteiger partial charge in [0.2, 0.25) is 5.91 Å². The van der Waals surface area contributed by atoms with E-state index in [0.717, 1.165) is 16.5 Å². The monoisotopic (exact) mass is 405 g/mol. The van der Waals surface area contributed by atoms with Gasteiger partial charge >= 0.3 is 6.18 Å². The Balaban J connectivity index is 1.78. The lowest BCUT2D eigenvalue weighted by molar-refractivity contribution is -0.175. The minimum Gasteiger partial charge on any atom is -0.359 e. The predicted molar refractivity (Wildman–Crippen MR) is 104 cm³/mol. The number of rotatable bonds is 5. The highest BCUT2D eigenvalue weighted by Gasteiger charge is 2.39. The molecule has 1 aromatic heterocycles. The van der Waals surface area contributed by atoms with E-state index in [2.05, 4.69) is 15.6 Å². The van der Waals surface area contributed by atoms with Crippen LogP contribution in [0.25, 0.3) is 16.5 Å². The summed E-state index contributed by atoms with van der Waals surface area (Å²) < 4.78 is 38.7. The molecule has 0 radical (unpaired) electrons. The Bertz CT molecular complexity index is 954. The molecule has 29 heavy (non-hydrogen) atoms. The molecule has 2 amide bonds. The highest BCUT2D eigenvalue weighted by molar-refractivity contribution is 5.99. The molecule has 2 N–H and O–H groups in total. The number of allylic oxidation sites excluding steroid dienone is 2. The Morgan fingerprint density at radius 1 is 1.28 bits per heavy atom. The van der Waals surface area contributed by atoms with Gasteiger partial charge in [0, 0.05) is 37.2 Å². The van der Waals surface area contributed by atoms with Gasteiger partial charge in [0.05, 0.1) is 17.0 Å². The minimum absolute atomic E-state index is 0.0267. The van der Waals surface area contributed by atoms with Crippen molar-refractivity contribution in [2.75, 3.05) is 13.6 Å². The second-order valence-corrected chi connectivity index (χ2v) is 7.02. The first-order valence-electron chi connectivity index (χ1n) is 9.43. The van der Waals surface area contributed by atoms with Crippen molar-refractivity contribution in [1.82, 2.24) is 15.6 Å². The molecule has 0 saturated carbocycles. The molecule has 2 aromatic rings. The summed E-state index contributed by atoms with van der Waals surface area (Å²) in [7, 11) is 1.53. The van der Waals surface area contributed by atoms with Crippen LogP contribution in [-0.4, -0.2) is 36.6 Å². The highest BCUT2D eigenvalue weighted by Crippen LogP contribution is 2.40. The van der Waals surface area contributed by atoms with Crippen molar-refractivity contribution in [3.63, 3.8) is 0 Å². The van der Waals surface area contributed by atoms with Gasteiger partial charge in [-0.3, -0.25) is 14.6 Å². The van der Waals surface area contributed by atoms with Crippen molar-refractivity contribution in [3.05, 3.63) is 47.7 Å².